The lowest BCUT2D eigenvalue weighted by atomic mass is 10.2. The molecule has 8 heteroatoms. The molecule has 0 aliphatic rings. The van der Waals surface area contributed by atoms with E-state index >= 15 is 0 Å². The van der Waals surface area contributed by atoms with Crippen LogP contribution in [0, 0.1) is 0 Å². The first-order valence-electron chi connectivity index (χ1n) is 6.58. The van der Waals surface area contributed by atoms with Gasteiger partial charge in [0.25, 0.3) is 0 Å². The fourth-order valence-electron chi connectivity index (χ4n) is 1.90. The molecule has 0 fully saturated rings. The summed E-state index contributed by atoms with van der Waals surface area (Å²) >= 11 is 17.7. The molecule has 116 valence electrons. The molecule has 0 radical (unpaired) electrons. The maximum Gasteiger partial charge on any atom is 0.250 e. The number of nitrogens with one attached hydrogen (secondary N) is 1. The molecule has 0 saturated carbocycles. The summed E-state index contributed by atoms with van der Waals surface area (Å²) in [6, 6.07) is 12.9. The Bertz CT molecular complexity index is 847. The maximum absolute atomic E-state index is 5.89. The summed E-state index contributed by atoms with van der Waals surface area (Å²) in [6.45, 7) is 0. The van der Waals surface area contributed by atoms with Crippen molar-refractivity contribution in [3.63, 3.8) is 0 Å². The summed E-state index contributed by atoms with van der Waals surface area (Å²) in [5.74, 6) is 0.529. The van der Waals surface area contributed by atoms with Gasteiger partial charge in [0, 0.05) is 11.6 Å². The second-order valence-corrected chi connectivity index (χ2v) is 6.82. The Labute approximate surface area is 147 Å². The molecule has 5 nitrogen and oxygen atoms in total. The molecule has 2 heterocycles. The highest BCUT2D eigenvalue weighted by molar-refractivity contribution is 6.66. The molecule has 0 spiro atoms. The van der Waals surface area contributed by atoms with Crippen LogP contribution in [0.25, 0.3) is 10.9 Å². The lowest BCUT2D eigenvalue weighted by molar-refractivity contribution is 0.992. The minimum absolute atomic E-state index is 0.0803. The number of alkyl halides is 3. The van der Waals surface area contributed by atoms with Gasteiger partial charge < -0.3 is 0 Å². The van der Waals surface area contributed by atoms with E-state index in [1.54, 1.807) is 12.4 Å². The molecule has 0 unspecified atom stereocenters. The van der Waals surface area contributed by atoms with Crippen LogP contribution in [-0.4, -0.2) is 21.2 Å². The van der Waals surface area contributed by atoms with E-state index in [4.69, 9.17) is 34.8 Å². The third kappa shape index (κ3) is 3.88. The van der Waals surface area contributed by atoms with Crippen LogP contribution in [0.15, 0.2) is 53.8 Å². The zero-order valence-corrected chi connectivity index (χ0v) is 13.9. The summed E-state index contributed by atoms with van der Waals surface area (Å²) in [7, 11) is 0. The number of para-hydroxylation sites is 1. The van der Waals surface area contributed by atoms with Gasteiger partial charge in [0.2, 0.25) is 3.79 Å². The Balaban J connectivity index is 1.97. The van der Waals surface area contributed by atoms with Crippen molar-refractivity contribution in [2.24, 2.45) is 5.10 Å². The summed E-state index contributed by atoms with van der Waals surface area (Å²) in [4.78, 5) is 12.7. The van der Waals surface area contributed by atoms with Crippen molar-refractivity contribution < 1.29 is 0 Å². The predicted octanol–water partition coefficient (Wildman–Crippen LogP) is 4.30. The van der Waals surface area contributed by atoms with Crippen molar-refractivity contribution in [3.8, 4) is 0 Å². The van der Waals surface area contributed by atoms with Crippen molar-refractivity contribution in [2.45, 2.75) is 3.79 Å². The van der Waals surface area contributed by atoms with Crippen LogP contribution in [0.3, 0.4) is 0 Å². The number of rotatable bonds is 3. The van der Waals surface area contributed by atoms with Crippen LogP contribution in [-0.2, 0) is 3.79 Å². The number of hydrazone groups is 1. The van der Waals surface area contributed by atoms with Gasteiger partial charge in [-0.3, -0.25) is 10.4 Å². The first-order chi connectivity index (χ1) is 11.0. The number of fused-ring (bicyclic) bond motifs is 1. The number of nitrogens with zero attached hydrogens (tertiary/aromatic N) is 4. The normalized spacial score (nSPS) is 12.0. The number of pyridine rings is 1. The summed E-state index contributed by atoms with van der Waals surface area (Å²) in [5, 5.41) is 4.90. The molecule has 2 aromatic heterocycles. The quantitative estimate of drug-likeness (QED) is 0.426. The van der Waals surface area contributed by atoms with Gasteiger partial charge in [0.05, 0.1) is 17.4 Å². The third-order valence-electron chi connectivity index (χ3n) is 2.91. The first-order valence-corrected chi connectivity index (χ1v) is 7.71. The molecular formula is C15H10Cl3N5. The van der Waals surface area contributed by atoms with E-state index in [1.807, 2.05) is 42.5 Å². The van der Waals surface area contributed by atoms with Crippen LogP contribution in [0.1, 0.15) is 11.5 Å². The number of benzene rings is 1. The van der Waals surface area contributed by atoms with Crippen LogP contribution in [0.4, 0.5) is 5.82 Å². The molecule has 23 heavy (non-hydrogen) atoms. The molecule has 0 aliphatic carbocycles. The minimum atomic E-state index is -1.72. The predicted molar refractivity (Wildman–Crippen MR) is 94.2 cm³/mol. The van der Waals surface area contributed by atoms with Crippen molar-refractivity contribution in [2.75, 3.05) is 5.43 Å². The Morgan fingerprint density at radius 1 is 1.00 bits per heavy atom. The van der Waals surface area contributed by atoms with Crippen LogP contribution in [0.2, 0.25) is 0 Å². The lowest BCUT2D eigenvalue weighted by Gasteiger charge is -2.12. The number of aromatic nitrogens is 3. The van der Waals surface area contributed by atoms with E-state index < -0.39 is 3.79 Å². The highest BCUT2D eigenvalue weighted by Crippen LogP contribution is 2.37. The topological polar surface area (TPSA) is 63.1 Å². The van der Waals surface area contributed by atoms with Crippen molar-refractivity contribution in [1.29, 1.82) is 0 Å². The average Bonchev–Trinajstić information content (AvgIpc) is 2.55. The molecular weight excluding hydrogens is 357 g/mol. The molecule has 0 bridgehead atoms. The molecule has 3 rings (SSSR count). The molecule has 0 atom stereocenters. The number of halogens is 3. The van der Waals surface area contributed by atoms with E-state index in [9.17, 15) is 0 Å². The van der Waals surface area contributed by atoms with Gasteiger partial charge >= 0.3 is 0 Å². The monoisotopic (exact) mass is 365 g/mol. The van der Waals surface area contributed by atoms with Crippen molar-refractivity contribution >= 4 is 57.7 Å². The zero-order valence-electron chi connectivity index (χ0n) is 11.6. The van der Waals surface area contributed by atoms with Gasteiger partial charge in [-0.25, -0.2) is 9.97 Å². The summed E-state index contributed by atoms with van der Waals surface area (Å²) < 4.78 is -1.72. The molecule has 1 N–H and O–H groups in total. The smallest absolute Gasteiger partial charge is 0.250 e. The number of anilines is 1. The summed E-state index contributed by atoms with van der Waals surface area (Å²) in [5.41, 5.74) is 4.21. The molecule has 0 amide bonds. The van der Waals surface area contributed by atoms with Crippen LogP contribution >= 0.6 is 34.8 Å². The first kappa shape index (κ1) is 15.9. The van der Waals surface area contributed by atoms with E-state index in [0.29, 0.717) is 17.0 Å². The fraction of sp³-hybridized carbons (Fsp3) is 0.0667. The Kier molecular flexibility index (Phi) is 4.61. The van der Waals surface area contributed by atoms with Crippen LogP contribution in [0.5, 0.6) is 0 Å². The van der Waals surface area contributed by atoms with Crippen molar-refractivity contribution in [3.05, 3.63) is 60.2 Å². The Hall–Kier alpha value is -1.95. The lowest BCUT2D eigenvalue weighted by Crippen LogP contribution is -2.09. The second kappa shape index (κ2) is 6.66. The standard InChI is InChI=1S/C15H10Cl3N5/c16-15(17,18)14-21-12-7-2-1-6-11(12)13(22-14)23-20-9-10-5-3-4-8-19-10/h1-9H,(H,21,22,23). The van der Waals surface area contributed by atoms with Gasteiger partial charge in [-0.1, -0.05) is 53.0 Å². The second-order valence-electron chi connectivity index (χ2n) is 4.54. The van der Waals surface area contributed by atoms with E-state index in [1.165, 1.54) is 0 Å². The molecule has 0 aliphatic heterocycles. The highest BCUT2D eigenvalue weighted by Gasteiger charge is 2.28. The third-order valence-corrected chi connectivity index (χ3v) is 3.42. The Morgan fingerprint density at radius 3 is 2.52 bits per heavy atom. The average molecular weight is 367 g/mol. The summed E-state index contributed by atoms with van der Waals surface area (Å²) in [6.07, 6.45) is 3.26. The van der Waals surface area contributed by atoms with Gasteiger partial charge in [0.1, 0.15) is 0 Å². The van der Waals surface area contributed by atoms with E-state index in [2.05, 4.69) is 25.5 Å². The SMILES string of the molecule is ClC(Cl)(Cl)c1nc(NN=Cc2ccccn2)c2ccccc2n1. The van der Waals surface area contributed by atoms with Gasteiger partial charge in [-0.2, -0.15) is 5.10 Å². The molecule has 1 aromatic carbocycles. The van der Waals surface area contributed by atoms with E-state index in [-0.39, 0.29) is 5.82 Å². The highest BCUT2D eigenvalue weighted by atomic mass is 35.6. The van der Waals surface area contributed by atoms with Gasteiger partial charge in [-0.15, -0.1) is 0 Å². The Morgan fingerprint density at radius 2 is 1.78 bits per heavy atom. The minimum Gasteiger partial charge on any atom is -0.261 e. The number of hydrogen-bond acceptors (Lipinski definition) is 5. The van der Waals surface area contributed by atoms with E-state index in [0.717, 1.165) is 5.39 Å². The maximum atomic E-state index is 5.89. The largest absolute Gasteiger partial charge is 0.261 e. The zero-order chi connectivity index (χ0) is 16.3. The molecule has 3 aromatic rings. The molecule has 0 saturated heterocycles. The number of hydrogen-bond donors (Lipinski definition) is 1. The fourth-order valence-corrected chi connectivity index (χ4v) is 2.15. The van der Waals surface area contributed by atoms with Crippen molar-refractivity contribution in [1.82, 2.24) is 15.0 Å². The van der Waals surface area contributed by atoms with Crippen LogP contribution < -0.4 is 5.43 Å². The van der Waals surface area contributed by atoms with Gasteiger partial charge in [0.15, 0.2) is 11.6 Å². The van der Waals surface area contributed by atoms with Gasteiger partial charge in [-0.05, 0) is 24.3 Å².